The molecule has 4 nitrogen and oxygen atoms in total. The maximum absolute atomic E-state index is 11.5. The Bertz CT molecular complexity index is 637. The van der Waals surface area contributed by atoms with Crippen LogP contribution in [0.1, 0.15) is 10.4 Å². The molecular weight excluding hydrogens is 266 g/mol. The van der Waals surface area contributed by atoms with Crippen LogP contribution in [0.2, 0.25) is 5.02 Å². The average molecular weight is 278 g/mol. The van der Waals surface area contributed by atoms with Crippen molar-refractivity contribution in [3.63, 3.8) is 0 Å². The van der Waals surface area contributed by atoms with Gasteiger partial charge in [-0.1, -0.05) is 23.7 Å². The average Bonchev–Trinajstić information content (AvgIpc) is 2.42. The molecule has 0 N–H and O–H groups in total. The maximum atomic E-state index is 11.5. The lowest BCUT2D eigenvalue weighted by molar-refractivity contribution is 0.111. The first kappa shape index (κ1) is 13.4. The van der Waals surface area contributed by atoms with Gasteiger partial charge in [-0.2, -0.15) is 0 Å². The molecule has 0 saturated carbocycles. The van der Waals surface area contributed by atoms with E-state index in [1.807, 2.05) is 0 Å². The van der Waals surface area contributed by atoms with Crippen molar-refractivity contribution < 1.29 is 9.53 Å². The lowest BCUT2D eigenvalue weighted by Crippen LogP contribution is -2.21. The molecule has 0 radical (unpaired) electrons. The number of aldehydes is 1. The number of ether oxygens (including phenoxy) is 1. The highest BCUT2D eigenvalue weighted by Crippen LogP contribution is 2.27. The fourth-order valence-electron chi connectivity index (χ4n) is 1.66. The zero-order valence-electron chi connectivity index (χ0n) is 10.1. The van der Waals surface area contributed by atoms with Crippen LogP contribution in [-0.4, -0.2) is 17.5 Å². The van der Waals surface area contributed by atoms with Crippen LogP contribution in [0.15, 0.2) is 47.4 Å². The van der Waals surface area contributed by atoms with Crippen LogP contribution in [0.5, 0.6) is 5.75 Å². The number of hydrogen-bond acceptors (Lipinski definition) is 3. The molecule has 1 aromatic heterocycles. The van der Waals surface area contributed by atoms with Gasteiger partial charge in [-0.3, -0.25) is 9.59 Å². The lowest BCUT2D eigenvalue weighted by Gasteiger charge is -2.11. The standard InChI is InChI=1S/C14H12ClNO3/c15-12-5-3-4-11(10-17)14(12)19-9-8-16-7-2-1-6-13(16)18/h1-7,10H,8-9H2. The predicted octanol–water partition coefficient (Wildman–Crippen LogP) is 2.39. The second-order valence-corrected chi connectivity index (χ2v) is 4.26. The lowest BCUT2D eigenvalue weighted by atomic mass is 10.2. The van der Waals surface area contributed by atoms with Crippen molar-refractivity contribution in [1.29, 1.82) is 0 Å². The van der Waals surface area contributed by atoms with Crippen LogP contribution in [-0.2, 0) is 6.54 Å². The maximum Gasteiger partial charge on any atom is 0.250 e. The van der Waals surface area contributed by atoms with E-state index in [-0.39, 0.29) is 12.2 Å². The molecule has 0 aliphatic heterocycles. The topological polar surface area (TPSA) is 48.3 Å². The molecule has 2 rings (SSSR count). The molecule has 5 heteroatoms. The van der Waals surface area contributed by atoms with Crippen LogP contribution in [0.3, 0.4) is 0 Å². The van der Waals surface area contributed by atoms with E-state index >= 15 is 0 Å². The quantitative estimate of drug-likeness (QED) is 0.789. The Morgan fingerprint density at radius 3 is 2.79 bits per heavy atom. The minimum Gasteiger partial charge on any atom is -0.489 e. The molecule has 98 valence electrons. The largest absolute Gasteiger partial charge is 0.489 e. The fourth-order valence-corrected chi connectivity index (χ4v) is 1.90. The van der Waals surface area contributed by atoms with E-state index in [4.69, 9.17) is 16.3 Å². The van der Waals surface area contributed by atoms with E-state index < -0.39 is 0 Å². The number of benzene rings is 1. The number of hydrogen-bond donors (Lipinski definition) is 0. The third-order valence-electron chi connectivity index (χ3n) is 2.60. The minimum absolute atomic E-state index is 0.0964. The number of aromatic nitrogens is 1. The molecule has 0 bridgehead atoms. The second kappa shape index (κ2) is 6.20. The predicted molar refractivity (Wildman–Crippen MR) is 73.0 cm³/mol. The first-order valence-corrected chi connectivity index (χ1v) is 6.12. The zero-order valence-corrected chi connectivity index (χ0v) is 10.8. The monoisotopic (exact) mass is 277 g/mol. The van der Waals surface area contributed by atoms with Crippen molar-refractivity contribution in [1.82, 2.24) is 4.57 Å². The van der Waals surface area contributed by atoms with Gasteiger partial charge in [-0.15, -0.1) is 0 Å². The van der Waals surface area contributed by atoms with Gasteiger partial charge in [0, 0.05) is 12.3 Å². The van der Waals surface area contributed by atoms with Gasteiger partial charge in [0.15, 0.2) is 6.29 Å². The number of rotatable bonds is 5. The zero-order chi connectivity index (χ0) is 13.7. The smallest absolute Gasteiger partial charge is 0.250 e. The van der Waals surface area contributed by atoms with Crippen LogP contribution in [0.25, 0.3) is 0 Å². The van der Waals surface area contributed by atoms with Crippen molar-refractivity contribution >= 4 is 17.9 Å². The highest BCUT2D eigenvalue weighted by molar-refractivity contribution is 6.32. The molecule has 0 spiro atoms. The molecule has 0 unspecified atom stereocenters. The Balaban J connectivity index is 2.06. The van der Waals surface area contributed by atoms with Crippen LogP contribution < -0.4 is 10.3 Å². The van der Waals surface area contributed by atoms with E-state index in [1.165, 1.54) is 10.6 Å². The van der Waals surface area contributed by atoms with Crippen molar-refractivity contribution in [3.05, 3.63) is 63.5 Å². The summed E-state index contributed by atoms with van der Waals surface area (Å²) in [5.74, 6) is 0.350. The number of halogens is 1. The van der Waals surface area contributed by atoms with Gasteiger partial charge in [-0.25, -0.2) is 0 Å². The van der Waals surface area contributed by atoms with Crippen LogP contribution in [0.4, 0.5) is 0 Å². The van der Waals surface area contributed by atoms with Gasteiger partial charge in [0.1, 0.15) is 12.4 Å². The second-order valence-electron chi connectivity index (χ2n) is 3.86. The molecule has 0 atom stereocenters. The van der Waals surface area contributed by atoms with Crippen molar-refractivity contribution in [2.75, 3.05) is 6.61 Å². The van der Waals surface area contributed by atoms with Gasteiger partial charge in [0.25, 0.3) is 5.56 Å². The molecule has 2 aromatic rings. The van der Waals surface area contributed by atoms with Gasteiger partial charge in [0.2, 0.25) is 0 Å². The van der Waals surface area contributed by atoms with Crippen molar-refractivity contribution in [3.8, 4) is 5.75 Å². The van der Waals surface area contributed by atoms with Crippen molar-refractivity contribution in [2.24, 2.45) is 0 Å². The molecular formula is C14H12ClNO3. The summed E-state index contributed by atoms with van der Waals surface area (Å²) in [6.07, 6.45) is 2.37. The number of para-hydroxylation sites is 1. The fraction of sp³-hybridized carbons (Fsp3) is 0.143. The van der Waals surface area contributed by atoms with Crippen molar-refractivity contribution in [2.45, 2.75) is 6.54 Å². The third kappa shape index (κ3) is 3.23. The summed E-state index contributed by atoms with van der Waals surface area (Å²) in [5, 5.41) is 0.380. The van der Waals surface area contributed by atoms with Gasteiger partial charge in [0.05, 0.1) is 17.1 Å². The number of carbonyl (C=O) groups is 1. The summed E-state index contributed by atoms with van der Waals surface area (Å²) in [4.78, 5) is 22.3. The Morgan fingerprint density at radius 2 is 2.05 bits per heavy atom. The van der Waals surface area contributed by atoms with Gasteiger partial charge >= 0.3 is 0 Å². The van der Waals surface area contributed by atoms with E-state index in [0.717, 1.165) is 0 Å². The third-order valence-corrected chi connectivity index (χ3v) is 2.90. The number of pyridine rings is 1. The van der Waals surface area contributed by atoms with E-state index in [9.17, 15) is 9.59 Å². The summed E-state index contributed by atoms with van der Waals surface area (Å²) < 4.78 is 7.02. The van der Waals surface area contributed by atoms with E-state index in [0.29, 0.717) is 29.2 Å². The highest BCUT2D eigenvalue weighted by Gasteiger charge is 2.07. The molecule has 0 saturated heterocycles. The van der Waals surface area contributed by atoms with Crippen LogP contribution >= 0.6 is 11.6 Å². The minimum atomic E-state index is -0.0964. The van der Waals surface area contributed by atoms with Crippen LogP contribution in [0, 0.1) is 0 Å². The summed E-state index contributed by atoms with van der Waals surface area (Å²) in [6, 6.07) is 9.89. The molecule has 1 heterocycles. The summed E-state index contributed by atoms with van der Waals surface area (Å²) in [6.45, 7) is 0.650. The molecule has 0 amide bonds. The molecule has 0 aliphatic rings. The molecule has 19 heavy (non-hydrogen) atoms. The number of carbonyl (C=O) groups excluding carboxylic acids is 1. The first-order valence-electron chi connectivity index (χ1n) is 5.74. The molecule has 0 aliphatic carbocycles. The SMILES string of the molecule is O=Cc1cccc(Cl)c1OCCn1ccccc1=O. The Kier molecular flexibility index (Phi) is 4.36. The Hall–Kier alpha value is -2.07. The summed E-state index contributed by atoms with van der Waals surface area (Å²) >= 11 is 5.97. The van der Waals surface area contributed by atoms with E-state index in [2.05, 4.69) is 0 Å². The molecule has 0 fully saturated rings. The molecule has 1 aromatic carbocycles. The van der Waals surface area contributed by atoms with Gasteiger partial charge < -0.3 is 9.30 Å². The Labute approximate surface area is 115 Å². The highest BCUT2D eigenvalue weighted by atomic mass is 35.5. The first-order chi connectivity index (χ1) is 9.22. The Morgan fingerprint density at radius 1 is 1.21 bits per heavy atom. The van der Waals surface area contributed by atoms with E-state index in [1.54, 1.807) is 36.5 Å². The summed E-state index contributed by atoms with van der Waals surface area (Å²) in [7, 11) is 0. The summed E-state index contributed by atoms with van der Waals surface area (Å²) in [5.41, 5.74) is 0.300. The normalized spacial score (nSPS) is 10.2. The number of nitrogens with zero attached hydrogens (tertiary/aromatic N) is 1. The van der Waals surface area contributed by atoms with Gasteiger partial charge in [-0.05, 0) is 18.2 Å².